The molecule has 2 rings (SSSR count). The van der Waals surface area contributed by atoms with Crippen LogP contribution in [0.3, 0.4) is 0 Å². The van der Waals surface area contributed by atoms with Gasteiger partial charge in [-0.05, 0) is 20.8 Å². The van der Waals surface area contributed by atoms with E-state index < -0.39 is 5.60 Å². The Morgan fingerprint density at radius 1 is 1.35 bits per heavy atom. The molecule has 1 saturated heterocycles. The molecule has 1 N–H and O–H groups in total. The van der Waals surface area contributed by atoms with Crippen molar-refractivity contribution in [2.45, 2.75) is 32.4 Å². The molecular weight excluding hydrogens is 256 g/mol. The van der Waals surface area contributed by atoms with Gasteiger partial charge in [0.1, 0.15) is 6.04 Å². The van der Waals surface area contributed by atoms with Crippen molar-refractivity contribution < 1.29 is 9.90 Å². The molecule has 1 aliphatic rings. The first-order valence-electron chi connectivity index (χ1n) is 7.08. The van der Waals surface area contributed by atoms with Gasteiger partial charge in [-0.15, -0.1) is 0 Å². The third-order valence-corrected chi connectivity index (χ3v) is 3.62. The Kier molecular flexibility index (Phi) is 4.45. The van der Waals surface area contributed by atoms with Crippen LogP contribution in [-0.4, -0.2) is 68.7 Å². The highest BCUT2D eigenvalue weighted by atomic mass is 16.3. The quantitative estimate of drug-likeness (QED) is 0.865. The lowest BCUT2D eigenvalue weighted by Gasteiger charge is -2.38. The Morgan fingerprint density at radius 2 is 2.00 bits per heavy atom. The summed E-state index contributed by atoms with van der Waals surface area (Å²) in [6.45, 7) is 9.22. The largest absolute Gasteiger partial charge is 0.389 e. The molecule has 0 aromatic carbocycles. The minimum Gasteiger partial charge on any atom is -0.389 e. The average Bonchev–Trinajstić information content (AvgIpc) is 2.90. The number of β-amino-alcohol motifs (C(OH)–C–C–N with tert-alkyl or cyclic N) is 1. The minimum absolute atomic E-state index is 0.130. The fraction of sp³-hybridized carbons (Fsp3) is 0.714. The van der Waals surface area contributed by atoms with Gasteiger partial charge >= 0.3 is 0 Å². The van der Waals surface area contributed by atoms with E-state index in [1.54, 1.807) is 12.5 Å². The average molecular weight is 280 g/mol. The van der Waals surface area contributed by atoms with Gasteiger partial charge in [0, 0.05) is 45.1 Å². The lowest BCUT2D eigenvalue weighted by molar-refractivity contribution is -0.136. The van der Waals surface area contributed by atoms with Gasteiger partial charge in [-0.25, -0.2) is 4.98 Å². The summed E-state index contributed by atoms with van der Waals surface area (Å²) in [4.78, 5) is 20.5. The maximum Gasteiger partial charge on any atom is 0.245 e. The molecule has 1 amide bonds. The van der Waals surface area contributed by atoms with E-state index in [4.69, 9.17) is 0 Å². The van der Waals surface area contributed by atoms with Crippen molar-refractivity contribution >= 4 is 5.91 Å². The summed E-state index contributed by atoms with van der Waals surface area (Å²) in [6.07, 6.45) is 5.17. The molecule has 0 bridgehead atoms. The van der Waals surface area contributed by atoms with Crippen LogP contribution in [0.1, 0.15) is 26.8 Å². The van der Waals surface area contributed by atoms with E-state index in [0.29, 0.717) is 19.6 Å². The second-order valence-corrected chi connectivity index (χ2v) is 6.10. The molecule has 0 aliphatic carbocycles. The SMILES string of the molecule is C[C@H](C(=O)N1CCN(CC(C)(C)O)CC1)n1ccnc1. The number of carbonyl (C=O) groups is 1. The number of imidazole rings is 1. The van der Waals surface area contributed by atoms with Crippen LogP contribution >= 0.6 is 0 Å². The lowest BCUT2D eigenvalue weighted by Crippen LogP contribution is -2.53. The second kappa shape index (κ2) is 5.93. The highest BCUT2D eigenvalue weighted by Crippen LogP contribution is 2.13. The van der Waals surface area contributed by atoms with Crippen molar-refractivity contribution in [1.82, 2.24) is 19.4 Å². The molecule has 1 fully saturated rings. The first kappa shape index (κ1) is 15.0. The number of aliphatic hydroxyl groups is 1. The molecule has 2 heterocycles. The van der Waals surface area contributed by atoms with Crippen LogP contribution in [0.2, 0.25) is 0 Å². The summed E-state index contributed by atoms with van der Waals surface area (Å²) in [7, 11) is 0. The molecule has 1 atom stereocenters. The first-order chi connectivity index (χ1) is 9.37. The van der Waals surface area contributed by atoms with Crippen molar-refractivity contribution in [3.63, 3.8) is 0 Å². The summed E-state index contributed by atoms with van der Waals surface area (Å²) in [5.41, 5.74) is -0.684. The van der Waals surface area contributed by atoms with Crippen LogP contribution < -0.4 is 0 Å². The Morgan fingerprint density at radius 3 is 2.50 bits per heavy atom. The van der Waals surface area contributed by atoms with Gasteiger partial charge in [-0.2, -0.15) is 0 Å². The molecular formula is C14H24N4O2. The number of hydrogen-bond acceptors (Lipinski definition) is 4. The third kappa shape index (κ3) is 3.80. The Labute approximate surface area is 120 Å². The zero-order chi connectivity index (χ0) is 14.8. The minimum atomic E-state index is -0.684. The van der Waals surface area contributed by atoms with Crippen molar-refractivity contribution in [3.05, 3.63) is 18.7 Å². The zero-order valence-electron chi connectivity index (χ0n) is 12.5. The molecule has 6 heteroatoms. The van der Waals surface area contributed by atoms with E-state index in [1.165, 1.54) is 0 Å². The van der Waals surface area contributed by atoms with Gasteiger partial charge in [0.25, 0.3) is 0 Å². The first-order valence-corrected chi connectivity index (χ1v) is 7.08. The van der Waals surface area contributed by atoms with Gasteiger partial charge in [0.05, 0.1) is 11.9 Å². The van der Waals surface area contributed by atoms with E-state index in [-0.39, 0.29) is 11.9 Å². The van der Waals surface area contributed by atoms with Crippen molar-refractivity contribution in [1.29, 1.82) is 0 Å². The normalized spacial score (nSPS) is 19.1. The zero-order valence-corrected chi connectivity index (χ0v) is 12.5. The van der Waals surface area contributed by atoms with E-state index in [1.807, 2.05) is 36.4 Å². The predicted octanol–water partition coefficient (Wildman–Crippen LogP) is 0.359. The molecule has 20 heavy (non-hydrogen) atoms. The standard InChI is InChI=1S/C14H24N4O2/c1-12(18-5-4-15-11-18)13(19)17-8-6-16(7-9-17)10-14(2,3)20/h4-5,11-12,20H,6-10H2,1-3H3/t12-/m1/s1. The van der Waals surface area contributed by atoms with E-state index in [9.17, 15) is 9.90 Å². The molecule has 6 nitrogen and oxygen atoms in total. The van der Waals surface area contributed by atoms with Gasteiger partial charge < -0.3 is 14.6 Å². The fourth-order valence-electron chi connectivity index (χ4n) is 2.56. The predicted molar refractivity (Wildman–Crippen MR) is 76.3 cm³/mol. The maximum absolute atomic E-state index is 12.4. The van der Waals surface area contributed by atoms with Crippen LogP contribution in [0.15, 0.2) is 18.7 Å². The van der Waals surface area contributed by atoms with Crippen molar-refractivity contribution in [2.24, 2.45) is 0 Å². The number of nitrogens with zero attached hydrogens (tertiary/aromatic N) is 4. The Hall–Kier alpha value is -1.40. The van der Waals surface area contributed by atoms with Crippen LogP contribution in [0, 0.1) is 0 Å². The van der Waals surface area contributed by atoms with Crippen LogP contribution in [0.4, 0.5) is 0 Å². The molecule has 0 spiro atoms. The molecule has 1 aromatic rings. The van der Waals surface area contributed by atoms with Crippen molar-refractivity contribution in [2.75, 3.05) is 32.7 Å². The van der Waals surface area contributed by atoms with Crippen LogP contribution in [0.5, 0.6) is 0 Å². The highest BCUT2D eigenvalue weighted by Gasteiger charge is 2.27. The molecule has 0 saturated carbocycles. The number of aromatic nitrogens is 2. The van der Waals surface area contributed by atoms with Gasteiger partial charge in [0.2, 0.25) is 5.91 Å². The van der Waals surface area contributed by atoms with E-state index in [0.717, 1.165) is 13.1 Å². The Bertz CT molecular complexity index is 431. The molecule has 1 aliphatic heterocycles. The fourth-order valence-corrected chi connectivity index (χ4v) is 2.56. The summed E-state index contributed by atoms with van der Waals surface area (Å²) in [5, 5.41) is 9.83. The maximum atomic E-state index is 12.4. The second-order valence-electron chi connectivity index (χ2n) is 6.10. The summed E-state index contributed by atoms with van der Waals surface area (Å²) in [6, 6.07) is -0.210. The number of amides is 1. The van der Waals surface area contributed by atoms with Crippen molar-refractivity contribution in [3.8, 4) is 0 Å². The van der Waals surface area contributed by atoms with E-state index in [2.05, 4.69) is 9.88 Å². The van der Waals surface area contributed by atoms with Crippen LogP contribution in [0.25, 0.3) is 0 Å². The number of rotatable bonds is 4. The monoisotopic (exact) mass is 280 g/mol. The smallest absolute Gasteiger partial charge is 0.245 e. The van der Waals surface area contributed by atoms with Gasteiger partial charge in [0.15, 0.2) is 0 Å². The van der Waals surface area contributed by atoms with Gasteiger partial charge in [-0.3, -0.25) is 9.69 Å². The van der Waals surface area contributed by atoms with Crippen LogP contribution in [-0.2, 0) is 4.79 Å². The topological polar surface area (TPSA) is 61.6 Å². The Balaban J connectivity index is 1.86. The molecule has 0 radical (unpaired) electrons. The summed E-state index contributed by atoms with van der Waals surface area (Å²) >= 11 is 0. The molecule has 1 aromatic heterocycles. The van der Waals surface area contributed by atoms with Gasteiger partial charge in [-0.1, -0.05) is 0 Å². The third-order valence-electron chi connectivity index (χ3n) is 3.62. The number of piperazine rings is 1. The lowest BCUT2D eigenvalue weighted by atomic mass is 10.1. The van der Waals surface area contributed by atoms with E-state index >= 15 is 0 Å². The molecule has 0 unspecified atom stereocenters. The summed E-state index contributed by atoms with van der Waals surface area (Å²) in [5.74, 6) is 0.130. The number of carbonyl (C=O) groups excluding carboxylic acids is 1. The highest BCUT2D eigenvalue weighted by molar-refractivity contribution is 5.80. The summed E-state index contributed by atoms with van der Waals surface area (Å²) < 4.78 is 1.82. The number of hydrogen-bond donors (Lipinski definition) is 1. The molecule has 112 valence electrons.